The van der Waals surface area contributed by atoms with Gasteiger partial charge in [-0.15, -0.1) is 0 Å². The van der Waals surface area contributed by atoms with Gasteiger partial charge in [0.25, 0.3) is 0 Å². The zero-order valence-electron chi connectivity index (χ0n) is 12.5. The van der Waals surface area contributed by atoms with Crippen molar-refractivity contribution in [1.82, 2.24) is 0 Å². The Morgan fingerprint density at radius 3 is 1.32 bits per heavy atom. The van der Waals surface area contributed by atoms with Crippen molar-refractivity contribution in [1.29, 1.82) is 0 Å². The molecule has 3 nitrogen and oxygen atoms in total. The van der Waals surface area contributed by atoms with Crippen LogP contribution in [0.5, 0.6) is 0 Å². The van der Waals surface area contributed by atoms with Gasteiger partial charge in [-0.25, -0.2) is 0 Å². The highest BCUT2D eigenvalue weighted by Crippen LogP contribution is 2.22. The predicted molar refractivity (Wildman–Crippen MR) is 80.2 cm³/mol. The first-order chi connectivity index (χ1) is 9.35. The second-order valence-corrected chi connectivity index (χ2v) is 5.61. The molecule has 0 bridgehead atoms. The second-order valence-electron chi connectivity index (χ2n) is 5.61. The summed E-state index contributed by atoms with van der Waals surface area (Å²) in [7, 11) is 0. The minimum Gasteiger partial charge on any atom is -0.396 e. The van der Waals surface area contributed by atoms with Crippen molar-refractivity contribution < 1.29 is 15.3 Å². The van der Waals surface area contributed by atoms with Crippen LogP contribution in [-0.4, -0.2) is 35.1 Å². The molecule has 0 aliphatic heterocycles. The Morgan fingerprint density at radius 2 is 1.00 bits per heavy atom. The molecule has 3 heteroatoms. The van der Waals surface area contributed by atoms with Crippen molar-refractivity contribution >= 4 is 0 Å². The molecule has 19 heavy (non-hydrogen) atoms. The van der Waals surface area contributed by atoms with E-state index >= 15 is 0 Å². The maximum atomic E-state index is 8.69. The van der Waals surface area contributed by atoms with E-state index in [9.17, 15) is 0 Å². The Labute approximate surface area is 119 Å². The summed E-state index contributed by atoms with van der Waals surface area (Å²) in [6.45, 7) is 1.08. The molecular weight excluding hydrogens is 240 g/mol. The summed E-state index contributed by atoms with van der Waals surface area (Å²) < 4.78 is 0. The lowest BCUT2D eigenvalue weighted by atomic mass is 9.90. The van der Waals surface area contributed by atoms with Crippen molar-refractivity contribution in [3.63, 3.8) is 0 Å². The Bertz CT molecular complexity index is 148. The molecule has 0 aromatic rings. The van der Waals surface area contributed by atoms with E-state index in [1.165, 1.54) is 51.4 Å². The Balaban J connectivity index is 0.000000356. The topological polar surface area (TPSA) is 60.7 Å². The lowest BCUT2D eigenvalue weighted by Gasteiger charge is -2.18. The van der Waals surface area contributed by atoms with Crippen LogP contribution in [0.4, 0.5) is 0 Å². The maximum Gasteiger partial charge on any atom is 0.0459 e. The molecule has 1 rings (SSSR count). The predicted octanol–water partition coefficient (Wildman–Crippen LogP) is 3.26. The van der Waals surface area contributed by atoms with Gasteiger partial charge in [-0.05, 0) is 31.6 Å². The molecule has 1 aliphatic rings. The molecule has 116 valence electrons. The van der Waals surface area contributed by atoms with E-state index in [1.807, 2.05) is 0 Å². The van der Waals surface area contributed by atoms with Crippen LogP contribution in [0.2, 0.25) is 0 Å². The number of unbranched alkanes of at least 4 members (excludes halogenated alkanes) is 6. The molecule has 0 unspecified atom stereocenters. The molecule has 0 heterocycles. The van der Waals surface area contributed by atoms with E-state index in [2.05, 4.69) is 0 Å². The summed E-state index contributed by atoms with van der Waals surface area (Å²) in [6, 6.07) is 0. The molecule has 0 saturated heterocycles. The van der Waals surface area contributed by atoms with Gasteiger partial charge in [0.05, 0.1) is 0 Å². The second kappa shape index (κ2) is 15.9. The Kier molecular flexibility index (Phi) is 15.8. The van der Waals surface area contributed by atoms with E-state index < -0.39 is 0 Å². The zero-order valence-corrected chi connectivity index (χ0v) is 12.5. The zero-order chi connectivity index (χ0) is 14.2. The van der Waals surface area contributed by atoms with Crippen LogP contribution in [0, 0.1) is 5.92 Å². The minimum atomic E-state index is 0.330. The molecule has 0 spiro atoms. The van der Waals surface area contributed by atoms with Crippen LogP contribution in [0.25, 0.3) is 0 Å². The molecule has 0 radical (unpaired) electrons. The van der Waals surface area contributed by atoms with Crippen LogP contribution in [0.1, 0.15) is 77.0 Å². The van der Waals surface area contributed by atoms with E-state index in [0.717, 1.165) is 25.7 Å². The van der Waals surface area contributed by atoms with Crippen molar-refractivity contribution in [2.75, 3.05) is 19.8 Å². The number of rotatable bonds is 9. The van der Waals surface area contributed by atoms with Crippen molar-refractivity contribution in [2.45, 2.75) is 77.0 Å². The van der Waals surface area contributed by atoms with E-state index in [-0.39, 0.29) is 0 Å². The molecule has 0 amide bonds. The number of aliphatic hydroxyl groups is 3. The first kappa shape index (κ1) is 18.9. The van der Waals surface area contributed by atoms with Crippen molar-refractivity contribution in [3.8, 4) is 0 Å². The third-order valence-corrected chi connectivity index (χ3v) is 3.80. The third kappa shape index (κ3) is 14.1. The summed E-state index contributed by atoms with van der Waals surface area (Å²) in [6.07, 6.45) is 14.5. The average Bonchev–Trinajstić information content (AvgIpc) is 2.48. The first-order valence-electron chi connectivity index (χ1n) is 8.17. The molecule has 3 N–H and O–H groups in total. The molecule has 1 fully saturated rings. The molecule has 0 aromatic carbocycles. The van der Waals surface area contributed by atoms with Crippen LogP contribution in [-0.2, 0) is 0 Å². The molecule has 1 aliphatic carbocycles. The Hall–Kier alpha value is -0.120. The van der Waals surface area contributed by atoms with Gasteiger partial charge in [0.1, 0.15) is 0 Å². The lowest BCUT2D eigenvalue weighted by Crippen LogP contribution is -2.09. The fourth-order valence-corrected chi connectivity index (χ4v) is 2.48. The van der Waals surface area contributed by atoms with Gasteiger partial charge >= 0.3 is 0 Å². The minimum absolute atomic E-state index is 0.330. The normalized spacial score (nSPS) is 15.9. The summed E-state index contributed by atoms with van der Waals surface area (Å²) >= 11 is 0. The fraction of sp³-hybridized carbons (Fsp3) is 1.00. The Morgan fingerprint density at radius 1 is 0.579 bits per heavy atom. The SMILES string of the molecule is OCC1CCCCC1.OCCCCCCCCCO. The highest BCUT2D eigenvalue weighted by atomic mass is 16.3. The van der Waals surface area contributed by atoms with Gasteiger partial charge < -0.3 is 15.3 Å². The monoisotopic (exact) mass is 274 g/mol. The van der Waals surface area contributed by atoms with Gasteiger partial charge in [-0.3, -0.25) is 0 Å². The van der Waals surface area contributed by atoms with E-state index in [1.54, 1.807) is 0 Å². The molecule has 0 aromatic heterocycles. The van der Waals surface area contributed by atoms with E-state index in [4.69, 9.17) is 15.3 Å². The highest BCUT2D eigenvalue weighted by molar-refractivity contribution is 4.63. The molecule has 0 atom stereocenters. The summed E-state index contributed by atoms with van der Waals surface area (Å²) in [5.74, 6) is 0.642. The lowest BCUT2D eigenvalue weighted by molar-refractivity contribution is 0.190. The van der Waals surface area contributed by atoms with Gasteiger partial charge in [0, 0.05) is 19.8 Å². The maximum absolute atomic E-state index is 8.69. The summed E-state index contributed by atoms with van der Waals surface area (Å²) in [5.41, 5.74) is 0. The van der Waals surface area contributed by atoms with Crippen LogP contribution < -0.4 is 0 Å². The third-order valence-electron chi connectivity index (χ3n) is 3.80. The number of aliphatic hydroxyl groups excluding tert-OH is 3. The van der Waals surface area contributed by atoms with Crippen molar-refractivity contribution in [3.05, 3.63) is 0 Å². The van der Waals surface area contributed by atoms with Gasteiger partial charge in [-0.2, -0.15) is 0 Å². The number of hydrogen-bond acceptors (Lipinski definition) is 3. The van der Waals surface area contributed by atoms with Crippen LogP contribution in [0.15, 0.2) is 0 Å². The summed E-state index contributed by atoms with van der Waals surface area (Å²) in [4.78, 5) is 0. The van der Waals surface area contributed by atoms with Crippen molar-refractivity contribution in [2.24, 2.45) is 5.92 Å². The molecule has 1 saturated carbocycles. The van der Waals surface area contributed by atoms with Crippen LogP contribution in [0.3, 0.4) is 0 Å². The quantitative estimate of drug-likeness (QED) is 0.566. The summed E-state index contributed by atoms with van der Waals surface area (Å²) in [5, 5.41) is 25.6. The molecular formula is C16H34O3. The standard InChI is InChI=1S/C9H20O2.C7H14O/c10-8-6-4-2-1-3-5-7-9-11;8-6-7-4-2-1-3-5-7/h10-11H,1-9H2;7-8H,1-6H2. The largest absolute Gasteiger partial charge is 0.396 e. The average molecular weight is 274 g/mol. The van der Waals surface area contributed by atoms with Gasteiger partial charge in [-0.1, -0.05) is 51.4 Å². The van der Waals surface area contributed by atoms with Gasteiger partial charge in [0.15, 0.2) is 0 Å². The first-order valence-corrected chi connectivity index (χ1v) is 8.17. The van der Waals surface area contributed by atoms with Crippen LogP contribution >= 0.6 is 0 Å². The number of hydrogen-bond donors (Lipinski definition) is 3. The smallest absolute Gasteiger partial charge is 0.0459 e. The highest BCUT2D eigenvalue weighted by Gasteiger charge is 2.10. The fourth-order valence-electron chi connectivity index (χ4n) is 2.48. The van der Waals surface area contributed by atoms with E-state index in [0.29, 0.717) is 25.7 Å². The van der Waals surface area contributed by atoms with Gasteiger partial charge in [0.2, 0.25) is 0 Å².